The van der Waals surface area contributed by atoms with E-state index in [1.807, 2.05) is 4.90 Å². The van der Waals surface area contributed by atoms with Gasteiger partial charge in [0.2, 0.25) is 11.8 Å². The molecule has 0 aromatic rings. The third kappa shape index (κ3) is 3.84. The van der Waals surface area contributed by atoms with Crippen molar-refractivity contribution in [2.24, 2.45) is 5.41 Å². The molecule has 112 valence electrons. The normalized spacial score (nSPS) is 21.5. The smallest absolute Gasteiger partial charge is 0.243 e. The topological polar surface area (TPSA) is 49.4 Å². The molecule has 1 heterocycles. The fourth-order valence-corrected chi connectivity index (χ4v) is 3.56. The SMILES string of the molecule is C=CC(=O)NCCC(=O)N1CCC2(CCCCC2)CC1. The second-order valence-electron chi connectivity index (χ2n) is 6.19. The molecule has 0 atom stereocenters. The van der Waals surface area contributed by atoms with Crippen LogP contribution in [0.5, 0.6) is 0 Å². The lowest BCUT2D eigenvalue weighted by Gasteiger charge is -2.44. The van der Waals surface area contributed by atoms with Gasteiger partial charge in [-0.15, -0.1) is 0 Å². The highest BCUT2D eigenvalue weighted by atomic mass is 16.2. The van der Waals surface area contributed by atoms with Crippen molar-refractivity contribution in [3.63, 3.8) is 0 Å². The van der Waals surface area contributed by atoms with Gasteiger partial charge in [0.15, 0.2) is 0 Å². The molecule has 1 aliphatic heterocycles. The lowest BCUT2D eigenvalue weighted by molar-refractivity contribution is -0.133. The Kier molecular flexibility index (Phi) is 5.21. The molecule has 1 saturated carbocycles. The van der Waals surface area contributed by atoms with Crippen molar-refractivity contribution >= 4 is 11.8 Å². The van der Waals surface area contributed by atoms with E-state index in [1.165, 1.54) is 38.2 Å². The van der Waals surface area contributed by atoms with Crippen molar-refractivity contribution in [1.29, 1.82) is 0 Å². The summed E-state index contributed by atoms with van der Waals surface area (Å²) in [7, 11) is 0. The molecular formula is C16H26N2O2. The zero-order valence-electron chi connectivity index (χ0n) is 12.3. The monoisotopic (exact) mass is 278 g/mol. The van der Waals surface area contributed by atoms with Crippen molar-refractivity contribution in [3.05, 3.63) is 12.7 Å². The molecule has 4 nitrogen and oxygen atoms in total. The van der Waals surface area contributed by atoms with Crippen LogP contribution in [0.15, 0.2) is 12.7 Å². The Morgan fingerprint density at radius 3 is 2.35 bits per heavy atom. The predicted molar refractivity (Wildman–Crippen MR) is 79.2 cm³/mol. The molecule has 2 rings (SSSR count). The number of nitrogens with zero attached hydrogens (tertiary/aromatic N) is 1. The minimum atomic E-state index is -0.211. The zero-order chi connectivity index (χ0) is 14.4. The van der Waals surface area contributed by atoms with Crippen LogP contribution in [0.2, 0.25) is 0 Å². The number of hydrogen-bond donors (Lipinski definition) is 1. The third-order valence-electron chi connectivity index (χ3n) is 4.91. The fraction of sp³-hybridized carbons (Fsp3) is 0.750. The highest BCUT2D eigenvalue weighted by Gasteiger charge is 2.36. The van der Waals surface area contributed by atoms with Crippen molar-refractivity contribution in [2.45, 2.75) is 51.4 Å². The molecule has 1 spiro atoms. The average Bonchev–Trinajstić information content (AvgIpc) is 2.48. The number of carbonyl (C=O) groups is 2. The van der Waals surface area contributed by atoms with E-state index in [9.17, 15) is 9.59 Å². The summed E-state index contributed by atoms with van der Waals surface area (Å²) in [6.45, 7) is 5.59. The summed E-state index contributed by atoms with van der Waals surface area (Å²) in [5.41, 5.74) is 0.534. The maximum absolute atomic E-state index is 12.1. The predicted octanol–water partition coefficient (Wildman–Crippen LogP) is 2.25. The Bertz CT molecular complexity index is 363. The van der Waals surface area contributed by atoms with Crippen molar-refractivity contribution in [1.82, 2.24) is 10.2 Å². The Morgan fingerprint density at radius 1 is 1.10 bits per heavy atom. The molecule has 0 unspecified atom stereocenters. The van der Waals surface area contributed by atoms with Crippen LogP contribution in [0, 0.1) is 5.41 Å². The second kappa shape index (κ2) is 6.91. The number of rotatable bonds is 4. The van der Waals surface area contributed by atoms with E-state index in [2.05, 4.69) is 11.9 Å². The van der Waals surface area contributed by atoms with Gasteiger partial charge in [-0.25, -0.2) is 0 Å². The van der Waals surface area contributed by atoms with Crippen LogP contribution in [-0.4, -0.2) is 36.3 Å². The average molecular weight is 278 g/mol. The van der Waals surface area contributed by atoms with Gasteiger partial charge in [0, 0.05) is 26.1 Å². The van der Waals surface area contributed by atoms with Gasteiger partial charge in [0.05, 0.1) is 0 Å². The van der Waals surface area contributed by atoms with E-state index in [-0.39, 0.29) is 11.8 Å². The van der Waals surface area contributed by atoms with Gasteiger partial charge in [-0.05, 0) is 37.2 Å². The summed E-state index contributed by atoms with van der Waals surface area (Å²) < 4.78 is 0. The zero-order valence-corrected chi connectivity index (χ0v) is 12.3. The molecule has 2 amide bonds. The molecule has 1 saturated heterocycles. The van der Waals surface area contributed by atoms with E-state index in [1.54, 1.807) is 0 Å². The minimum Gasteiger partial charge on any atom is -0.352 e. The van der Waals surface area contributed by atoms with Gasteiger partial charge in [0.1, 0.15) is 0 Å². The first-order valence-electron chi connectivity index (χ1n) is 7.83. The minimum absolute atomic E-state index is 0.167. The summed E-state index contributed by atoms with van der Waals surface area (Å²) in [5, 5.41) is 2.65. The summed E-state index contributed by atoms with van der Waals surface area (Å²) >= 11 is 0. The summed E-state index contributed by atoms with van der Waals surface area (Å²) in [4.78, 5) is 25.1. The van der Waals surface area contributed by atoms with Crippen molar-refractivity contribution in [3.8, 4) is 0 Å². The molecule has 0 radical (unpaired) electrons. The van der Waals surface area contributed by atoms with Crippen molar-refractivity contribution in [2.75, 3.05) is 19.6 Å². The summed E-state index contributed by atoms with van der Waals surface area (Å²) in [6, 6.07) is 0. The number of piperidine rings is 1. The van der Waals surface area contributed by atoms with Gasteiger partial charge in [-0.3, -0.25) is 9.59 Å². The lowest BCUT2D eigenvalue weighted by atomic mass is 9.68. The number of amides is 2. The molecule has 1 aliphatic carbocycles. The fourth-order valence-electron chi connectivity index (χ4n) is 3.56. The largest absolute Gasteiger partial charge is 0.352 e. The molecule has 2 fully saturated rings. The van der Waals surface area contributed by atoms with E-state index >= 15 is 0 Å². The molecular weight excluding hydrogens is 252 g/mol. The number of nitrogens with one attached hydrogen (secondary N) is 1. The van der Waals surface area contributed by atoms with Crippen LogP contribution < -0.4 is 5.32 Å². The number of hydrogen-bond acceptors (Lipinski definition) is 2. The van der Waals surface area contributed by atoms with Crippen LogP contribution in [0.4, 0.5) is 0 Å². The highest BCUT2D eigenvalue weighted by molar-refractivity contribution is 5.87. The first-order valence-corrected chi connectivity index (χ1v) is 7.83. The number of likely N-dealkylation sites (tertiary alicyclic amines) is 1. The van der Waals surface area contributed by atoms with E-state index < -0.39 is 0 Å². The Balaban J connectivity index is 1.71. The van der Waals surface area contributed by atoms with Crippen LogP contribution in [0.1, 0.15) is 51.4 Å². The molecule has 2 aliphatic rings. The molecule has 0 aromatic heterocycles. The van der Waals surface area contributed by atoms with E-state index in [0.29, 0.717) is 18.4 Å². The van der Waals surface area contributed by atoms with Crippen LogP contribution in [0.3, 0.4) is 0 Å². The maximum atomic E-state index is 12.1. The summed E-state index contributed by atoms with van der Waals surface area (Å²) in [5.74, 6) is -0.0439. The Labute approximate surface area is 121 Å². The van der Waals surface area contributed by atoms with Crippen molar-refractivity contribution < 1.29 is 9.59 Å². The van der Waals surface area contributed by atoms with Crippen LogP contribution in [-0.2, 0) is 9.59 Å². The van der Waals surface area contributed by atoms with Gasteiger partial charge >= 0.3 is 0 Å². The highest BCUT2D eigenvalue weighted by Crippen LogP contribution is 2.44. The quantitative estimate of drug-likeness (QED) is 0.802. The van der Waals surface area contributed by atoms with Crippen LogP contribution in [0.25, 0.3) is 0 Å². The first kappa shape index (κ1) is 15.1. The molecule has 0 aromatic carbocycles. The van der Waals surface area contributed by atoms with Crippen LogP contribution >= 0.6 is 0 Å². The Morgan fingerprint density at radius 2 is 1.75 bits per heavy atom. The standard InChI is InChI=1S/C16H26N2O2/c1-2-14(19)17-11-6-15(20)18-12-9-16(10-13-18)7-4-3-5-8-16/h2H,1,3-13H2,(H,17,19). The van der Waals surface area contributed by atoms with Gasteiger partial charge in [-0.1, -0.05) is 25.8 Å². The maximum Gasteiger partial charge on any atom is 0.243 e. The molecule has 4 heteroatoms. The third-order valence-corrected chi connectivity index (χ3v) is 4.91. The van der Waals surface area contributed by atoms with Gasteiger partial charge in [0.25, 0.3) is 0 Å². The molecule has 0 bridgehead atoms. The van der Waals surface area contributed by atoms with Gasteiger partial charge < -0.3 is 10.2 Å². The lowest BCUT2D eigenvalue weighted by Crippen LogP contribution is -2.44. The van der Waals surface area contributed by atoms with E-state index in [0.717, 1.165) is 25.9 Å². The Hall–Kier alpha value is -1.32. The second-order valence-corrected chi connectivity index (χ2v) is 6.19. The molecule has 1 N–H and O–H groups in total. The molecule has 20 heavy (non-hydrogen) atoms. The number of carbonyl (C=O) groups excluding carboxylic acids is 2. The van der Waals surface area contributed by atoms with Gasteiger partial charge in [-0.2, -0.15) is 0 Å². The summed E-state index contributed by atoms with van der Waals surface area (Å²) in [6.07, 6.45) is 10.8. The van der Waals surface area contributed by atoms with E-state index in [4.69, 9.17) is 0 Å². The first-order chi connectivity index (χ1) is 9.65.